The lowest BCUT2D eigenvalue weighted by molar-refractivity contribution is -0.155. The SMILES string of the molecule is CCC(C)C(C(CC(=O)N1CCCC1C(OC)C(C)C(=O)NCC(=O)OC(C)(C)C)OC)N(C)C(=O)CNC(=O)C(C)(C)NC(=O)OCc1ccc(NC(=O)CNC(=O)C(NC(=O)CCCCCN2C(=O)C=CC2=O)C(C)C)cc1. The van der Waals surface area contributed by atoms with Gasteiger partial charge in [0.1, 0.15) is 30.3 Å². The fourth-order valence-corrected chi connectivity index (χ4v) is 9.35. The number of carbonyl (C=O) groups excluding carboxylic acids is 11. The van der Waals surface area contributed by atoms with Gasteiger partial charge in [0, 0.05) is 58.6 Å². The van der Waals surface area contributed by atoms with Crippen molar-refractivity contribution in [2.24, 2.45) is 17.8 Å². The number of rotatable bonds is 31. The van der Waals surface area contributed by atoms with Gasteiger partial charge in [0.15, 0.2) is 0 Å². The van der Waals surface area contributed by atoms with E-state index in [2.05, 4.69) is 31.9 Å². The number of likely N-dealkylation sites (tertiary alicyclic amines) is 1. The van der Waals surface area contributed by atoms with E-state index < -0.39 is 95.5 Å². The first-order chi connectivity index (χ1) is 37.5. The number of methoxy groups -OCH3 is 2. The summed E-state index contributed by atoms with van der Waals surface area (Å²) in [6, 6.07) is 4.42. The molecule has 446 valence electrons. The molecule has 0 bridgehead atoms. The molecule has 2 aliphatic heterocycles. The Balaban J connectivity index is 1.46. The van der Waals surface area contributed by atoms with Crippen LogP contribution in [0.25, 0.3) is 0 Å². The van der Waals surface area contributed by atoms with Crippen LogP contribution >= 0.6 is 0 Å². The van der Waals surface area contributed by atoms with Gasteiger partial charge in [-0.15, -0.1) is 0 Å². The highest BCUT2D eigenvalue weighted by molar-refractivity contribution is 6.12. The third-order valence-electron chi connectivity index (χ3n) is 14.0. The second kappa shape index (κ2) is 31.7. The third-order valence-corrected chi connectivity index (χ3v) is 14.0. The lowest BCUT2D eigenvalue weighted by Gasteiger charge is -2.39. The molecule has 1 fully saturated rings. The molecule has 1 aromatic rings. The van der Waals surface area contributed by atoms with Gasteiger partial charge >= 0.3 is 12.1 Å². The Morgan fingerprint density at radius 1 is 0.787 bits per heavy atom. The minimum absolute atomic E-state index is 0.0902. The van der Waals surface area contributed by atoms with Crippen molar-refractivity contribution in [3.63, 3.8) is 0 Å². The van der Waals surface area contributed by atoms with Crippen LogP contribution in [0.3, 0.4) is 0 Å². The number of unbranched alkanes of at least 4 members (excludes halogenated alkanes) is 2. The number of anilines is 1. The van der Waals surface area contributed by atoms with Crippen LogP contribution in [-0.2, 0) is 73.5 Å². The van der Waals surface area contributed by atoms with Crippen molar-refractivity contribution >= 4 is 70.9 Å². The summed E-state index contributed by atoms with van der Waals surface area (Å²) < 4.78 is 22.4. The number of imide groups is 1. The normalized spacial score (nSPS) is 16.6. The number of hydrogen-bond acceptors (Lipinski definition) is 15. The average Bonchev–Trinajstić information content (AvgIpc) is 4.01. The predicted octanol–water partition coefficient (Wildman–Crippen LogP) is 2.87. The van der Waals surface area contributed by atoms with Crippen molar-refractivity contribution in [1.29, 1.82) is 0 Å². The van der Waals surface area contributed by atoms with E-state index in [1.54, 1.807) is 77.8 Å². The molecule has 1 saturated heterocycles. The number of carbonyl (C=O) groups is 11. The average molecular weight is 1130 g/mol. The first kappa shape index (κ1) is 67.3. The Morgan fingerprint density at radius 3 is 2.01 bits per heavy atom. The second-order valence-electron chi connectivity index (χ2n) is 22.2. The molecule has 3 rings (SSSR count). The first-order valence-corrected chi connectivity index (χ1v) is 27.4. The zero-order valence-corrected chi connectivity index (χ0v) is 48.9. The van der Waals surface area contributed by atoms with Crippen molar-refractivity contribution in [3.8, 4) is 0 Å². The molecule has 1 aromatic carbocycles. The predicted molar refractivity (Wildman–Crippen MR) is 295 cm³/mol. The Morgan fingerprint density at radius 2 is 1.43 bits per heavy atom. The van der Waals surface area contributed by atoms with Crippen LogP contribution in [0.5, 0.6) is 0 Å². The van der Waals surface area contributed by atoms with Crippen LogP contribution in [0, 0.1) is 17.8 Å². The zero-order chi connectivity index (χ0) is 60.1. The summed E-state index contributed by atoms with van der Waals surface area (Å²) in [5.74, 6) is -5.67. The third kappa shape index (κ3) is 21.3. The maximum absolute atomic E-state index is 14.1. The Bertz CT molecular complexity index is 2350. The minimum Gasteiger partial charge on any atom is -0.459 e. The van der Waals surface area contributed by atoms with Crippen molar-refractivity contribution < 1.29 is 71.7 Å². The fourth-order valence-electron chi connectivity index (χ4n) is 9.35. The van der Waals surface area contributed by atoms with Crippen molar-refractivity contribution in [2.45, 2.75) is 169 Å². The number of amides is 10. The summed E-state index contributed by atoms with van der Waals surface area (Å²) in [7, 11) is 4.52. The molecule has 24 nitrogen and oxygen atoms in total. The van der Waals surface area contributed by atoms with Crippen LogP contribution < -0.4 is 31.9 Å². The van der Waals surface area contributed by atoms with E-state index in [1.807, 2.05) is 13.8 Å². The molecule has 24 heteroatoms. The van der Waals surface area contributed by atoms with Gasteiger partial charge in [-0.1, -0.05) is 59.6 Å². The van der Waals surface area contributed by atoms with Crippen LogP contribution in [-0.4, -0.2) is 175 Å². The Kier molecular flexibility index (Phi) is 26.7. The van der Waals surface area contributed by atoms with Gasteiger partial charge in [-0.25, -0.2) is 4.79 Å². The lowest BCUT2D eigenvalue weighted by Crippen LogP contribution is -2.57. The number of benzene rings is 1. The molecule has 6 N–H and O–H groups in total. The van der Waals surface area contributed by atoms with Gasteiger partial charge in [0.2, 0.25) is 41.4 Å². The van der Waals surface area contributed by atoms with Crippen molar-refractivity contribution in [2.75, 3.05) is 59.3 Å². The zero-order valence-electron chi connectivity index (χ0n) is 48.9. The molecular formula is C56H87N9O15. The van der Waals surface area contributed by atoms with Gasteiger partial charge in [0.25, 0.3) is 11.8 Å². The number of nitrogens with one attached hydrogen (secondary N) is 6. The van der Waals surface area contributed by atoms with E-state index in [4.69, 9.17) is 18.9 Å². The van der Waals surface area contributed by atoms with E-state index in [1.165, 1.54) is 45.1 Å². The maximum atomic E-state index is 14.1. The summed E-state index contributed by atoms with van der Waals surface area (Å²) in [5.41, 5.74) is -1.30. The van der Waals surface area contributed by atoms with Crippen molar-refractivity contribution in [3.05, 3.63) is 42.0 Å². The molecule has 80 heavy (non-hydrogen) atoms. The molecule has 10 amide bonds. The van der Waals surface area contributed by atoms with Gasteiger partial charge in [0.05, 0.1) is 49.7 Å². The monoisotopic (exact) mass is 1130 g/mol. The molecule has 0 aliphatic carbocycles. The quantitative estimate of drug-likeness (QED) is 0.0354. The van der Waals surface area contributed by atoms with E-state index in [9.17, 15) is 52.7 Å². The molecule has 0 spiro atoms. The molecule has 2 heterocycles. The Hall–Kier alpha value is -6.95. The van der Waals surface area contributed by atoms with E-state index in [0.717, 1.165) is 4.90 Å². The second-order valence-corrected chi connectivity index (χ2v) is 22.2. The molecule has 7 atom stereocenters. The first-order valence-electron chi connectivity index (χ1n) is 27.4. The van der Waals surface area contributed by atoms with E-state index in [0.29, 0.717) is 56.3 Å². The molecule has 0 aromatic heterocycles. The number of alkyl carbamates (subject to hydrolysis) is 1. The minimum atomic E-state index is -1.53. The number of esters is 1. The molecule has 2 aliphatic rings. The van der Waals surface area contributed by atoms with Crippen LogP contribution in [0.15, 0.2) is 36.4 Å². The lowest BCUT2D eigenvalue weighted by atomic mass is 9.90. The van der Waals surface area contributed by atoms with Gasteiger partial charge < -0.3 is 60.6 Å². The number of nitrogens with zero attached hydrogens (tertiary/aromatic N) is 3. The molecule has 0 radical (unpaired) electrons. The van der Waals surface area contributed by atoms with Crippen LogP contribution in [0.4, 0.5) is 10.5 Å². The van der Waals surface area contributed by atoms with Crippen LogP contribution in [0.2, 0.25) is 0 Å². The topological polar surface area (TPSA) is 307 Å². The molecule has 0 saturated carbocycles. The highest BCUT2D eigenvalue weighted by atomic mass is 16.6. The van der Waals surface area contributed by atoms with E-state index in [-0.39, 0.29) is 74.5 Å². The van der Waals surface area contributed by atoms with Gasteiger partial charge in [-0.05, 0) is 89.8 Å². The van der Waals surface area contributed by atoms with Crippen molar-refractivity contribution in [1.82, 2.24) is 41.3 Å². The standard InChI is InChI=1S/C56H87N9O15/c1-14-35(4)49(40(77-12)29-45(70)64-28-18-19-39(64)50(78-13)36(5)51(73)58-32-47(72)80-55(6,7)8)63(11)46(71)31-59-53(75)56(9,10)62-54(76)79-33-37-21-23-38(24-22-37)60-42(67)30-57-52(74)48(34(2)3)61-41(66)20-16-15-17-27-65-43(68)25-26-44(65)69/h21-26,34-36,39-40,48-50H,14-20,27-33H2,1-13H3,(H,57,74)(H,58,73)(H,59,75)(H,60,67)(H,61,66)(H,62,76). The van der Waals surface area contributed by atoms with E-state index >= 15 is 0 Å². The number of likely N-dealkylation sites (N-methyl/N-ethyl adjacent to an activating group) is 1. The number of ether oxygens (including phenoxy) is 4. The number of hydrogen-bond donors (Lipinski definition) is 6. The Labute approximate surface area is 470 Å². The van der Waals surface area contributed by atoms with Gasteiger partial charge in [-0.3, -0.25) is 52.8 Å². The summed E-state index contributed by atoms with van der Waals surface area (Å²) >= 11 is 0. The fraction of sp³-hybridized carbons (Fsp3) is 0.661. The smallest absolute Gasteiger partial charge is 0.408 e. The summed E-state index contributed by atoms with van der Waals surface area (Å²) in [4.78, 5) is 146. The summed E-state index contributed by atoms with van der Waals surface area (Å²) in [5, 5.41) is 15.7. The summed E-state index contributed by atoms with van der Waals surface area (Å²) in [6.07, 6.45) is 3.64. The van der Waals surface area contributed by atoms with Crippen LogP contribution in [0.1, 0.15) is 126 Å². The molecular weight excluding hydrogens is 1040 g/mol. The summed E-state index contributed by atoms with van der Waals surface area (Å²) in [6.45, 7) is 16.5. The largest absolute Gasteiger partial charge is 0.459 e. The van der Waals surface area contributed by atoms with Gasteiger partial charge in [-0.2, -0.15) is 0 Å². The molecule has 7 unspecified atom stereocenters. The highest BCUT2D eigenvalue weighted by Crippen LogP contribution is 2.29. The maximum Gasteiger partial charge on any atom is 0.408 e. The highest BCUT2D eigenvalue weighted by Gasteiger charge is 2.42.